The molecule has 9 heteroatoms. The predicted molar refractivity (Wildman–Crippen MR) is 120 cm³/mol. The summed E-state index contributed by atoms with van der Waals surface area (Å²) in [5.41, 5.74) is 13.7. The van der Waals surface area contributed by atoms with Crippen LogP contribution in [0.3, 0.4) is 0 Å². The molecule has 0 unspecified atom stereocenters. The maximum absolute atomic E-state index is 12.2. The van der Waals surface area contributed by atoms with Gasteiger partial charge in [-0.3, -0.25) is 9.59 Å². The molecule has 29 heavy (non-hydrogen) atoms. The molecule has 0 saturated carbocycles. The number of hydrogen-bond acceptors (Lipinski definition) is 5. The summed E-state index contributed by atoms with van der Waals surface area (Å²) in [6, 6.07) is 12.2. The normalized spacial score (nSPS) is 11.9. The molecule has 160 valence electrons. The fourth-order valence-corrected chi connectivity index (χ4v) is 2.62. The van der Waals surface area contributed by atoms with Crippen LogP contribution in [0.2, 0.25) is 0 Å². The quantitative estimate of drug-likeness (QED) is 0.470. The molecule has 0 saturated heterocycles. The van der Waals surface area contributed by atoms with Gasteiger partial charge in [0.25, 0.3) is 0 Å². The fourth-order valence-electron chi connectivity index (χ4n) is 2.62. The third-order valence-corrected chi connectivity index (χ3v) is 4.23. The molecule has 1 heterocycles. The van der Waals surface area contributed by atoms with Gasteiger partial charge >= 0.3 is 0 Å². The van der Waals surface area contributed by atoms with Crippen molar-refractivity contribution in [2.75, 3.05) is 12.3 Å². The van der Waals surface area contributed by atoms with Crippen molar-refractivity contribution in [3.05, 3.63) is 59.8 Å². The molecule has 7 nitrogen and oxygen atoms in total. The van der Waals surface area contributed by atoms with Gasteiger partial charge in [0.15, 0.2) is 0 Å². The molecule has 0 aliphatic heterocycles. The van der Waals surface area contributed by atoms with E-state index in [2.05, 4.69) is 15.6 Å². The number of amides is 2. The van der Waals surface area contributed by atoms with Gasteiger partial charge in [0.05, 0.1) is 6.04 Å². The maximum Gasteiger partial charge on any atom is 0.242 e. The van der Waals surface area contributed by atoms with Crippen molar-refractivity contribution in [2.24, 2.45) is 5.73 Å². The number of nitrogens with two attached hydrogens (primary N) is 2. The number of halogens is 2. The number of benzene rings is 1. The molecule has 0 radical (unpaired) electrons. The molecule has 6 N–H and O–H groups in total. The van der Waals surface area contributed by atoms with Crippen LogP contribution in [0, 0.1) is 0 Å². The highest BCUT2D eigenvalue weighted by Gasteiger charge is 2.19. The maximum atomic E-state index is 12.2. The zero-order chi connectivity index (χ0) is 19.6. The zero-order valence-electron chi connectivity index (χ0n) is 16.3. The fraction of sp³-hybridized carbons (Fsp3) is 0.350. The highest BCUT2D eigenvalue weighted by molar-refractivity contribution is 5.89. The lowest BCUT2D eigenvalue weighted by Crippen LogP contribution is -2.50. The molecule has 2 aromatic rings. The van der Waals surface area contributed by atoms with Gasteiger partial charge in [-0.05, 0) is 49.4 Å². The van der Waals surface area contributed by atoms with Gasteiger partial charge in [0.2, 0.25) is 11.8 Å². The van der Waals surface area contributed by atoms with Gasteiger partial charge in [-0.15, -0.1) is 24.8 Å². The first kappa shape index (κ1) is 26.6. The second-order valence-electron chi connectivity index (χ2n) is 6.49. The molecule has 1 aromatic carbocycles. The minimum absolute atomic E-state index is 0. The Kier molecular flexibility index (Phi) is 12.6. The van der Waals surface area contributed by atoms with Crippen molar-refractivity contribution in [3.8, 4) is 0 Å². The van der Waals surface area contributed by atoms with Gasteiger partial charge in [-0.25, -0.2) is 4.98 Å². The van der Waals surface area contributed by atoms with Crippen LogP contribution in [0.25, 0.3) is 0 Å². The van der Waals surface area contributed by atoms with Crippen molar-refractivity contribution in [3.63, 3.8) is 0 Å². The molecule has 0 aliphatic rings. The molecular formula is C20H29Cl2N5O2. The number of nitrogen functional groups attached to an aromatic ring is 1. The highest BCUT2D eigenvalue weighted by Crippen LogP contribution is 2.05. The number of aryl methyl sites for hydroxylation is 1. The average Bonchev–Trinajstić information content (AvgIpc) is 2.66. The Morgan fingerprint density at radius 3 is 2.38 bits per heavy atom. The lowest BCUT2D eigenvalue weighted by molar-refractivity contribution is -0.129. The molecule has 2 atom stereocenters. The van der Waals surface area contributed by atoms with E-state index in [9.17, 15) is 9.59 Å². The van der Waals surface area contributed by atoms with Crippen LogP contribution in [0.4, 0.5) is 5.82 Å². The largest absolute Gasteiger partial charge is 0.384 e. The van der Waals surface area contributed by atoms with Gasteiger partial charge in [0, 0.05) is 12.7 Å². The van der Waals surface area contributed by atoms with E-state index in [4.69, 9.17) is 11.5 Å². The number of carbonyl (C=O) groups excluding carboxylic acids is 2. The molecule has 0 bridgehead atoms. The number of hydrogen-bond donors (Lipinski definition) is 4. The minimum Gasteiger partial charge on any atom is -0.384 e. The van der Waals surface area contributed by atoms with Crippen LogP contribution >= 0.6 is 24.8 Å². The van der Waals surface area contributed by atoms with Gasteiger partial charge in [-0.1, -0.05) is 30.3 Å². The standard InChI is InChI=1S/C20H27N5O2.2ClH/c1-14(19(26)24-12-10-16-9-11-23-18(22)13-16)25-20(27)17(21)8-7-15-5-3-2-4-6-15;;/h2-6,9,11,13-14,17H,7-8,10,12,21H2,1H3,(H2,22,23)(H,24,26)(H,25,27);2*1H/t14-,17+;;/m0../s1. The van der Waals surface area contributed by atoms with Crippen LogP contribution in [-0.2, 0) is 22.4 Å². The Labute approximate surface area is 183 Å². The molecule has 0 aliphatic carbocycles. The lowest BCUT2D eigenvalue weighted by atomic mass is 10.1. The van der Waals surface area contributed by atoms with E-state index in [1.807, 2.05) is 36.4 Å². The van der Waals surface area contributed by atoms with Crippen LogP contribution in [-0.4, -0.2) is 35.4 Å². The van der Waals surface area contributed by atoms with Crippen LogP contribution in [0.5, 0.6) is 0 Å². The van der Waals surface area contributed by atoms with E-state index in [1.165, 1.54) is 0 Å². The number of carbonyl (C=O) groups is 2. The molecule has 0 fully saturated rings. The van der Waals surface area contributed by atoms with E-state index >= 15 is 0 Å². The number of rotatable bonds is 9. The van der Waals surface area contributed by atoms with E-state index < -0.39 is 12.1 Å². The number of nitrogens with one attached hydrogen (secondary N) is 2. The first-order valence-electron chi connectivity index (χ1n) is 9.03. The first-order valence-corrected chi connectivity index (χ1v) is 9.03. The van der Waals surface area contributed by atoms with Gasteiger partial charge < -0.3 is 22.1 Å². The van der Waals surface area contributed by atoms with Gasteiger partial charge in [-0.2, -0.15) is 0 Å². The monoisotopic (exact) mass is 441 g/mol. The Morgan fingerprint density at radius 2 is 1.72 bits per heavy atom. The summed E-state index contributed by atoms with van der Waals surface area (Å²) in [5.74, 6) is -0.125. The summed E-state index contributed by atoms with van der Waals surface area (Å²) in [6.07, 6.45) is 3.50. The number of nitrogens with zero attached hydrogens (tertiary/aromatic N) is 1. The minimum atomic E-state index is -0.653. The summed E-state index contributed by atoms with van der Waals surface area (Å²) >= 11 is 0. The van der Waals surface area contributed by atoms with E-state index in [-0.39, 0.29) is 36.6 Å². The average molecular weight is 442 g/mol. The van der Waals surface area contributed by atoms with Gasteiger partial charge in [0.1, 0.15) is 11.9 Å². The summed E-state index contributed by atoms with van der Waals surface area (Å²) < 4.78 is 0. The highest BCUT2D eigenvalue weighted by atomic mass is 35.5. The van der Waals surface area contributed by atoms with E-state index in [0.29, 0.717) is 31.6 Å². The summed E-state index contributed by atoms with van der Waals surface area (Å²) in [6.45, 7) is 2.09. The van der Waals surface area contributed by atoms with Crippen LogP contribution in [0.15, 0.2) is 48.7 Å². The summed E-state index contributed by atoms with van der Waals surface area (Å²) in [7, 11) is 0. The number of pyridine rings is 1. The second kappa shape index (κ2) is 13.8. The van der Waals surface area contributed by atoms with Crippen molar-refractivity contribution in [2.45, 2.75) is 38.3 Å². The van der Waals surface area contributed by atoms with Crippen molar-refractivity contribution in [1.82, 2.24) is 15.6 Å². The predicted octanol–water partition coefficient (Wildman–Crippen LogP) is 1.63. The van der Waals surface area contributed by atoms with Crippen LogP contribution < -0.4 is 22.1 Å². The molecule has 1 aromatic heterocycles. The molecule has 2 amide bonds. The lowest BCUT2D eigenvalue weighted by Gasteiger charge is -2.17. The zero-order valence-corrected chi connectivity index (χ0v) is 18.0. The number of aromatic nitrogens is 1. The van der Waals surface area contributed by atoms with E-state index in [0.717, 1.165) is 11.1 Å². The molecule has 2 rings (SSSR count). The topological polar surface area (TPSA) is 123 Å². The van der Waals surface area contributed by atoms with E-state index in [1.54, 1.807) is 19.2 Å². The summed E-state index contributed by atoms with van der Waals surface area (Å²) in [4.78, 5) is 28.2. The molecule has 0 spiro atoms. The van der Waals surface area contributed by atoms with Crippen molar-refractivity contribution < 1.29 is 9.59 Å². The first-order chi connectivity index (χ1) is 13.0. The Morgan fingerprint density at radius 1 is 1.03 bits per heavy atom. The van der Waals surface area contributed by atoms with Crippen LogP contribution in [0.1, 0.15) is 24.5 Å². The molecular weight excluding hydrogens is 413 g/mol. The second-order valence-corrected chi connectivity index (χ2v) is 6.49. The Hall–Kier alpha value is -2.35. The Bertz CT molecular complexity index is 762. The third kappa shape index (κ3) is 9.60. The number of anilines is 1. The third-order valence-electron chi connectivity index (χ3n) is 4.23. The SMILES string of the molecule is C[C@H](NC(=O)[C@H](N)CCc1ccccc1)C(=O)NCCc1ccnc(N)c1.Cl.Cl. The Balaban J connectivity index is 0.00000392. The smallest absolute Gasteiger partial charge is 0.242 e. The van der Waals surface area contributed by atoms with Crippen molar-refractivity contribution in [1.29, 1.82) is 0 Å². The van der Waals surface area contributed by atoms with Crippen molar-refractivity contribution >= 4 is 42.4 Å². The summed E-state index contributed by atoms with van der Waals surface area (Å²) in [5, 5.41) is 5.46.